The summed E-state index contributed by atoms with van der Waals surface area (Å²) in [6.07, 6.45) is 5.67. The van der Waals surface area contributed by atoms with Crippen molar-refractivity contribution in [1.82, 2.24) is 5.01 Å². The molecule has 1 saturated carbocycles. The number of benzene rings is 1. The Hall–Kier alpha value is -1.36. The van der Waals surface area contributed by atoms with E-state index < -0.39 is 5.60 Å². The first kappa shape index (κ1) is 18.0. The molecule has 1 fully saturated rings. The van der Waals surface area contributed by atoms with Crippen LogP contribution in [0.2, 0.25) is 5.02 Å². The highest BCUT2D eigenvalue weighted by Crippen LogP contribution is 2.50. The predicted octanol–water partition coefficient (Wildman–Crippen LogP) is 3.40. The van der Waals surface area contributed by atoms with Crippen LogP contribution in [-0.2, 0) is 6.42 Å². The maximum absolute atomic E-state index is 11.4. The molecule has 2 rings (SSSR count). The van der Waals surface area contributed by atoms with Crippen molar-refractivity contribution in [3.8, 4) is 0 Å². The van der Waals surface area contributed by atoms with Gasteiger partial charge >= 0.3 is 0 Å². The van der Waals surface area contributed by atoms with Crippen LogP contribution in [-0.4, -0.2) is 28.6 Å². The number of hydrazine groups is 1. The number of aliphatic hydroxyl groups is 1. The average Bonchev–Trinajstić information content (AvgIpc) is 2.71. The van der Waals surface area contributed by atoms with E-state index in [1.807, 2.05) is 24.3 Å². The molecule has 126 valence electrons. The van der Waals surface area contributed by atoms with Crippen LogP contribution in [0.3, 0.4) is 0 Å². The van der Waals surface area contributed by atoms with Crippen molar-refractivity contribution in [1.29, 1.82) is 0 Å². The van der Waals surface area contributed by atoms with Gasteiger partial charge in [-0.2, -0.15) is 0 Å². The van der Waals surface area contributed by atoms with Crippen molar-refractivity contribution in [2.45, 2.75) is 38.7 Å². The summed E-state index contributed by atoms with van der Waals surface area (Å²) in [5.74, 6) is 6.12. The highest BCUT2D eigenvalue weighted by atomic mass is 35.5. The zero-order chi connectivity index (χ0) is 17.1. The number of nitrogens with two attached hydrogens (primary N) is 1. The molecule has 4 nitrogen and oxygen atoms in total. The summed E-state index contributed by atoms with van der Waals surface area (Å²) in [4.78, 5) is 3.93. The van der Waals surface area contributed by atoms with Gasteiger partial charge in [-0.05, 0) is 48.3 Å². The summed E-state index contributed by atoms with van der Waals surface area (Å²) < 4.78 is 0. The zero-order valence-electron chi connectivity index (χ0n) is 13.9. The summed E-state index contributed by atoms with van der Waals surface area (Å²) in [5.41, 5.74) is 0.0945. The normalized spacial score (nSPS) is 26.6. The number of rotatable bonds is 6. The second-order valence-corrected chi connectivity index (χ2v) is 7.43. The molecular formula is C18H26ClN3O. The van der Waals surface area contributed by atoms with Crippen molar-refractivity contribution in [3.05, 3.63) is 47.6 Å². The largest absolute Gasteiger partial charge is 0.387 e. The number of nitrogens with zero attached hydrogens (tertiary/aromatic N) is 2. The van der Waals surface area contributed by atoms with Crippen LogP contribution >= 0.6 is 11.6 Å². The van der Waals surface area contributed by atoms with E-state index in [0.29, 0.717) is 6.54 Å². The topological polar surface area (TPSA) is 61.8 Å². The quantitative estimate of drug-likeness (QED) is 0.362. The van der Waals surface area contributed by atoms with E-state index in [4.69, 9.17) is 17.4 Å². The third kappa shape index (κ3) is 3.94. The van der Waals surface area contributed by atoms with Crippen molar-refractivity contribution < 1.29 is 5.11 Å². The Balaban J connectivity index is 2.18. The minimum absolute atomic E-state index is 0.141. The number of aliphatic imine (C=N–C) groups is 1. The maximum atomic E-state index is 11.4. The van der Waals surface area contributed by atoms with Gasteiger partial charge in [0.15, 0.2) is 0 Å². The fourth-order valence-corrected chi connectivity index (χ4v) is 3.64. The van der Waals surface area contributed by atoms with E-state index in [1.54, 1.807) is 0 Å². The third-order valence-corrected chi connectivity index (χ3v) is 5.36. The SMILES string of the molecule is C=CN=CN(N)CC1(O)C(Cc2ccc(Cl)cc2)CCC1(C)C. The van der Waals surface area contributed by atoms with Crippen molar-refractivity contribution >= 4 is 17.9 Å². The Morgan fingerprint density at radius 3 is 2.70 bits per heavy atom. The molecule has 2 atom stereocenters. The Bertz CT molecular complexity index is 570. The average molecular weight is 336 g/mol. The highest BCUT2D eigenvalue weighted by Gasteiger charge is 2.54. The molecule has 5 heteroatoms. The smallest absolute Gasteiger partial charge is 0.105 e. The molecule has 1 aliphatic carbocycles. The van der Waals surface area contributed by atoms with Crippen LogP contribution in [0.25, 0.3) is 0 Å². The molecule has 0 amide bonds. The van der Waals surface area contributed by atoms with Gasteiger partial charge in [0.2, 0.25) is 0 Å². The first-order chi connectivity index (χ1) is 10.8. The van der Waals surface area contributed by atoms with Gasteiger partial charge in [-0.1, -0.05) is 44.2 Å². The molecule has 0 bridgehead atoms. The van der Waals surface area contributed by atoms with E-state index in [1.165, 1.54) is 23.1 Å². The van der Waals surface area contributed by atoms with Gasteiger partial charge < -0.3 is 5.11 Å². The molecule has 0 heterocycles. The standard InChI is InChI=1S/C18H26ClN3O/c1-4-21-13-22(20)12-18(23)15(9-10-17(18,2)3)11-14-5-7-16(19)8-6-14/h4-8,13,15,23H,1,9-12,20H2,2-3H3. The summed E-state index contributed by atoms with van der Waals surface area (Å²) in [6.45, 7) is 8.09. The first-order valence-electron chi connectivity index (χ1n) is 7.91. The van der Waals surface area contributed by atoms with Crippen molar-refractivity contribution in [2.75, 3.05) is 6.54 Å². The molecule has 23 heavy (non-hydrogen) atoms. The van der Waals surface area contributed by atoms with E-state index in [0.717, 1.165) is 24.3 Å². The fraction of sp³-hybridized carbons (Fsp3) is 0.500. The van der Waals surface area contributed by atoms with Crippen LogP contribution < -0.4 is 5.84 Å². The van der Waals surface area contributed by atoms with Crippen molar-refractivity contribution in [3.63, 3.8) is 0 Å². The Morgan fingerprint density at radius 1 is 1.43 bits per heavy atom. The van der Waals surface area contributed by atoms with Gasteiger partial charge in [-0.25, -0.2) is 10.8 Å². The number of hydrogen-bond acceptors (Lipinski definition) is 3. The van der Waals surface area contributed by atoms with Gasteiger partial charge in [0.1, 0.15) is 6.34 Å². The molecule has 1 aromatic carbocycles. The summed E-state index contributed by atoms with van der Waals surface area (Å²) in [7, 11) is 0. The molecule has 0 radical (unpaired) electrons. The fourth-order valence-electron chi connectivity index (χ4n) is 3.51. The van der Waals surface area contributed by atoms with Gasteiger partial charge in [0.25, 0.3) is 0 Å². The van der Waals surface area contributed by atoms with E-state index in [-0.39, 0.29) is 11.3 Å². The Kier molecular flexibility index (Phi) is 5.50. The molecule has 0 aliphatic heterocycles. The molecule has 0 saturated heterocycles. The van der Waals surface area contributed by atoms with Crippen LogP contribution in [0.5, 0.6) is 0 Å². The van der Waals surface area contributed by atoms with Crippen LogP contribution in [0.4, 0.5) is 0 Å². The predicted molar refractivity (Wildman–Crippen MR) is 96.2 cm³/mol. The minimum atomic E-state index is -0.880. The summed E-state index contributed by atoms with van der Waals surface area (Å²) >= 11 is 5.95. The number of hydrogen-bond donors (Lipinski definition) is 2. The van der Waals surface area contributed by atoms with Crippen LogP contribution in [0.15, 0.2) is 42.0 Å². The lowest BCUT2D eigenvalue weighted by molar-refractivity contribution is -0.0868. The molecule has 2 unspecified atom stereocenters. The van der Waals surface area contributed by atoms with Gasteiger partial charge in [0, 0.05) is 11.2 Å². The molecule has 1 aliphatic rings. The monoisotopic (exact) mass is 335 g/mol. The molecule has 3 N–H and O–H groups in total. The van der Waals surface area contributed by atoms with Gasteiger partial charge in [-0.3, -0.25) is 5.01 Å². The van der Waals surface area contributed by atoms with E-state index in [9.17, 15) is 5.11 Å². The zero-order valence-corrected chi connectivity index (χ0v) is 14.6. The first-order valence-corrected chi connectivity index (χ1v) is 8.29. The second-order valence-electron chi connectivity index (χ2n) is 6.99. The van der Waals surface area contributed by atoms with E-state index in [2.05, 4.69) is 25.4 Å². The lowest BCUT2D eigenvalue weighted by Crippen LogP contribution is -2.55. The second kappa shape index (κ2) is 7.04. The van der Waals surface area contributed by atoms with Gasteiger partial charge in [0.05, 0.1) is 12.1 Å². The Labute approximate surface area is 143 Å². The van der Waals surface area contributed by atoms with Crippen LogP contribution in [0.1, 0.15) is 32.3 Å². The molecule has 0 aromatic heterocycles. The number of halogens is 1. The van der Waals surface area contributed by atoms with E-state index >= 15 is 0 Å². The molecule has 1 aromatic rings. The maximum Gasteiger partial charge on any atom is 0.105 e. The lowest BCUT2D eigenvalue weighted by Gasteiger charge is -2.42. The molecular weight excluding hydrogens is 310 g/mol. The summed E-state index contributed by atoms with van der Waals surface area (Å²) in [5, 5.41) is 13.6. The van der Waals surface area contributed by atoms with Crippen molar-refractivity contribution in [2.24, 2.45) is 22.2 Å². The van der Waals surface area contributed by atoms with Crippen LogP contribution in [0, 0.1) is 11.3 Å². The Morgan fingerprint density at radius 2 is 2.09 bits per heavy atom. The lowest BCUT2D eigenvalue weighted by atomic mass is 9.72. The highest BCUT2D eigenvalue weighted by molar-refractivity contribution is 6.30. The minimum Gasteiger partial charge on any atom is -0.387 e. The molecule has 0 spiro atoms. The summed E-state index contributed by atoms with van der Waals surface area (Å²) in [6, 6.07) is 7.82. The third-order valence-electron chi connectivity index (χ3n) is 5.10. The van der Waals surface area contributed by atoms with Gasteiger partial charge in [-0.15, -0.1) is 0 Å².